The van der Waals surface area contributed by atoms with Crippen molar-refractivity contribution < 1.29 is 5.48 Å². The minimum absolute atomic E-state index is 0.0978. The maximum absolute atomic E-state index is 9.54. The van der Waals surface area contributed by atoms with Crippen LogP contribution in [-0.2, 0) is 0 Å². The van der Waals surface area contributed by atoms with Crippen LogP contribution in [0.15, 0.2) is 243 Å². The molecule has 60 heavy (non-hydrogen) atoms. The predicted molar refractivity (Wildman–Crippen MR) is 255 cm³/mol. The van der Waals surface area contributed by atoms with Gasteiger partial charge in [0.15, 0.2) is 0 Å². The minimum Gasteiger partial charge on any atom is -0.311 e. The second-order valence-corrected chi connectivity index (χ2v) is 15.0. The van der Waals surface area contributed by atoms with Gasteiger partial charge < -0.3 is 9.47 Å². The van der Waals surface area contributed by atoms with Crippen LogP contribution in [0.4, 0.5) is 17.1 Å². The quantitative estimate of drug-likeness (QED) is 0.149. The first-order valence-corrected chi connectivity index (χ1v) is 20.3. The summed E-state index contributed by atoms with van der Waals surface area (Å²) in [5.41, 5.74) is 12.1. The monoisotopic (exact) mass is 768 g/mol. The average Bonchev–Trinajstić information content (AvgIpc) is 3.70. The van der Waals surface area contributed by atoms with E-state index in [2.05, 4.69) is 138 Å². The largest absolute Gasteiger partial charge is 0.311 e. The molecule has 0 aliphatic rings. The summed E-state index contributed by atoms with van der Waals surface area (Å²) in [4.78, 5) is 1.86. The zero-order chi connectivity index (χ0) is 43.3. The fourth-order valence-corrected chi connectivity index (χ4v) is 8.52. The fraction of sp³-hybridized carbons (Fsp3) is 0. The summed E-state index contributed by atoms with van der Waals surface area (Å²) in [6.45, 7) is 0. The van der Waals surface area contributed by atoms with Crippen LogP contribution in [-0.4, -0.2) is 4.57 Å². The van der Waals surface area contributed by atoms with Crippen LogP contribution >= 0.6 is 0 Å². The molecule has 0 fully saturated rings. The topological polar surface area (TPSA) is 8.17 Å². The molecule has 1 heterocycles. The molecular formula is C58H40N2. The van der Waals surface area contributed by atoms with Gasteiger partial charge in [-0.2, -0.15) is 0 Å². The maximum Gasteiger partial charge on any atom is 0.0645 e. The van der Waals surface area contributed by atoms with Crippen LogP contribution in [0.3, 0.4) is 0 Å². The Kier molecular flexibility index (Phi) is 7.83. The number of hydrogen-bond acceptors (Lipinski definition) is 1. The summed E-state index contributed by atoms with van der Waals surface area (Å²) in [7, 11) is 0. The maximum atomic E-state index is 9.54. The molecule has 0 bridgehead atoms. The Balaban J connectivity index is 1.01. The number of anilines is 3. The van der Waals surface area contributed by atoms with Gasteiger partial charge in [-0.3, -0.25) is 0 Å². The third kappa shape index (κ3) is 6.41. The molecule has 11 rings (SSSR count). The Hall–Kier alpha value is -7.94. The highest BCUT2D eigenvalue weighted by atomic mass is 15.1. The van der Waals surface area contributed by atoms with Gasteiger partial charge in [-0.05, 0) is 116 Å². The van der Waals surface area contributed by atoms with E-state index in [-0.39, 0.29) is 35.4 Å². The number of fused-ring (bicyclic) bond motifs is 4. The Morgan fingerprint density at radius 2 is 0.783 bits per heavy atom. The normalized spacial score (nSPS) is 12.3. The third-order valence-electron chi connectivity index (χ3n) is 11.5. The molecule has 0 N–H and O–H groups in total. The molecule has 282 valence electrons. The van der Waals surface area contributed by atoms with E-state index in [1.165, 1.54) is 10.8 Å². The van der Waals surface area contributed by atoms with Crippen LogP contribution in [0.5, 0.6) is 0 Å². The molecule has 0 aliphatic carbocycles. The lowest BCUT2D eigenvalue weighted by Gasteiger charge is -2.26. The van der Waals surface area contributed by atoms with Crippen LogP contribution < -0.4 is 4.90 Å². The van der Waals surface area contributed by atoms with Gasteiger partial charge in [-0.15, -0.1) is 0 Å². The molecule has 0 radical (unpaired) electrons. The summed E-state index contributed by atoms with van der Waals surface area (Å²) in [6, 6.07) is 73.8. The molecule has 0 spiro atoms. The second kappa shape index (κ2) is 15.1. The first kappa shape index (κ1) is 31.1. The summed E-state index contributed by atoms with van der Waals surface area (Å²) in [6.07, 6.45) is 0. The van der Waals surface area contributed by atoms with Crippen LogP contribution in [0.25, 0.3) is 82.8 Å². The van der Waals surface area contributed by atoms with Crippen molar-refractivity contribution >= 4 is 49.6 Å². The number of rotatable bonds is 8. The Labute approximate surface area is 356 Å². The summed E-state index contributed by atoms with van der Waals surface area (Å²) < 4.78 is 40.2. The summed E-state index contributed by atoms with van der Waals surface area (Å²) in [5, 5.41) is 4.73. The van der Waals surface area contributed by atoms with Gasteiger partial charge in [-0.25, -0.2) is 0 Å². The van der Waals surface area contributed by atoms with Crippen molar-refractivity contribution in [2.75, 3.05) is 4.90 Å². The standard InChI is InChI=1S/C58H40N2/c1-2-12-41(13-3-1)42-24-26-43(27-25-42)44-28-34-49(35-29-44)59(51-38-32-47(33-39-51)54-21-11-15-46-14-4-5-18-53(46)54)50-36-30-45(31-37-50)48-16-10-17-52(40-48)60-57-22-8-6-19-55(57)56-20-7-9-23-58(56)60/h1-40H/i28D,29D,34D,35D. The molecule has 0 aliphatic heterocycles. The molecule has 0 saturated carbocycles. The van der Waals surface area contributed by atoms with Crippen molar-refractivity contribution in [3.8, 4) is 50.2 Å². The van der Waals surface area contributed by atoms with E-state index in [9.17, 15) is 5.48 Å². The van der Waals surface area contributed by atoms with Gasteiger partial charge in [0.25, 0.3) is 0 Å². The highest BCUT2D eigenvalue weighted by Gasteiger charge is 2.16. The highest BCUT2D eigenvalue weighted by molar-refractivity contribution is 6.09. The molecule has 1 aromatic heterocycles. The molecule has 2 heteroatoms. The van der Waals surface area contributed by atoms with Crippen molar-refractivity contribution in [3.05, 3.63) is 243 Å². The zero-order valence-electron chi connectivity index (χ0n) is 36.7. The first-order valence-electron chi connectivity index (χ1n) is 22.3. The first-order chi connectivity index (χ1) is 31.4. The lowest BCUT2D eigenvalue weighted by atomic mass is 9.98. The van der Waals surface area contributed by atoms with Crippen molar-refractivity contribution in [1.29, 1.82) is 0 Å². The summed E-state index contributed by atoms with van der Waals surface area (Å²) in [5.74, 6) is 0. The lowest BCUT2D eigenvalue weighted by molar-refractivity contribution is 1.18. The number of benzene rings is 10. The van der Waals surface area contributed by atoms with Gasteiger partial charge in [-0.1, -0.05) is 182 Å². The van der Waals surface area contributed by atoms with E-state index in [4.69, 9.17) is 0 Å². The highest BCUT2D eigenvalue weighted by Crippen LogP contribution is 2.39. The van der Waals surface area contributed by atoms with Gasteiger partial charge >= 0.3 is 0 Å². The SMILES string of the molecule is [2H]c1c([2H])c(N(c2ccc(-c3cccc(-n4c5ccccc5c5ccccc54)c3)cc2)c2ccc(-c3cccc4ccccc34)cc2)c([2H])c([2H])c1-c1ccc(-c2ccccc2)cc1. The number of para-hydroxylation sites is 2. The molecule has 0 amide bonds. The van der Waals surface area contributed by atoms with E-state index >= 15 is 0 Å². The molecule has 2 nitrogen and oxygen atoms in total. The Morgan fingerprint density at radius 3 is 1.45 bits per heavy atom. The fourth-order valence-electron chi connectivity index (χ4n) is 8.52. The smallest absolute Gasteiger partial charge is 0.0645 e. The number of nitrogens with zero attached hydrogens (tertiary/aromatic N) is 2. The molecule has 10 aromatic carbocycles. The third-order valence-corrected chi connectivity index (χ3v) is 11.5. The Bertz CT molecular complexity index is 3440. The van der Waals surface area contributed by atoms with Gasteiger partial charge in [0.2, 0.25) is 0 Å². The van der Waals surface area contributed by atoms with E-state index in [1.54, 1.807) is 0 Å². The zero-order valence-corrected chi connectivity index (χ0v) is 32.7. The van der Waals surface area contributed by atoms with Crippen molar-refractivity contribution in [3.63, 3.8) is 0 Å². The van der Waals surface area contributed by atoms with E-state index in [1.807, 2.05) is 89.8 Å². The second-order valence-electron chi connectivity index (χ2n) is 15.0. The molecular weight excluding hydrogens is 725 g/mol. The lowest BCUT2D eigenvalue weighted by Crippen LogP contribution is -2.09. The van der Waals surface area contributed by atoms with Gasteiger partial charge in [0.05, 0.1) is 16.5 Å². The van der Waals surface area contributed by atoms with Crippen molar-refractivity contribution in [1.82, 2.24) is 4.57 Å². The van der Waals surface area contributed by atoms with Crippen molar-refractivity contribution in [2.24, 2.45) is 0 Å². The van der Waals surface area contributed by atoms with Gasteiger partial charge in [0, 0.05) is 33.5 Å². The number of aromatic nitrogens is 1. The minimum atomic E-state index is -0.121. The molecule has 0 atom stereocenters. The van der Waals surface area contributed by atoms with E-state index < -0.39 is 0 Å². The average molecular weight is 769 g/mol. The van der Waals surface area contributed by atoms with Gasteiger partial charge in [0.1, 0.15) is 0 Å². The van der Waals surface area contributed by atoms with E-state index in [0.29, 0.717) is 16.9 Å². The molecule has 0 saturated heterocycles. The predicted octanol–water partition coefficient (Wildman–Crippen LogP) is 16.1. The van der Waals surface area contributed by atoms with Crippen LogP contribution in [0.1, 0.15) is 5.48 Å². The number of hydrogen-bond donors (Lipinski definition) is 0. The molecule has 0 unspecified atom stereocenters. The summed E-state index contributed by atoms with van der Waals surface area (Å²) >= 11 is 0. The Morgan fingerprint density at radius 1 is 0.317 bits per heavy atom. The van der Waals surface area contributed by atoms with E-state index in [0.717, 1.165) is 60.9 Å². The van der Waals surface area contributed by atoms with Crippen LogP contribution in [0, 0.1) is 0 Å². The van der Waals surface area contributed by atoms with Crippen LogP contribution in [0.2, 0.25) is 0 Å². The van der Waals surface area contributed by atoms with Crippen molar-refractivity contribution in [2.45, 2.75) is 0 Å². The molecule has 11 aromatic rings.